The van der Waals surface area contributed by atoms with Crippen molar-refractivity contribution in [1.82, 2.24) is 14.8 Å². The van der Waals surface area contributed by atoms with Gasteiger partial charge in [0.15, 0.2) is 0 Å². The van der Waals surface area contributed by atoms with Crippen LogP contribution in [-0.2, 0) is 6.54 Å². The number of hydrogen-bond acceptors (Lipinski definition) is 3. The van der Waals surface area contributed by atoms with Gasteiger partial charge in [-0.25, -0.2) is 0 Å². The zero-order valence-electron chi connectivity index (χ0n) is 15.3. The quantitative estimate of drug-likeness (QED) is 0.578. The molecule has 0 N–H and O–H groups in total. The first kappa shape index (κ1) is 19.1. The maximum absolute atomic E-state index is 4.39. The Morgan fingerprint density at radius 3 is 2.14 bits per heavy atom. The Morgan fingerprint density at radius 2 is 1.59 bits per heavy atom. The topological polar surface area (TPSA) is 19.4 Å². The molecule has 0 aromatic carbocycles. The van der Waals surface area contributed by atoms with E-state index in [2.05, 4.69) is 61.7 Å². The van der Waals surface area contributed by atoms with Crippen LogP contribution in [0.4, 0.5) is 0 Å². The van der Waals surface area contributed by atoms with Gasteiger partial charge in [0, 0.05) is 25.8 Å². The average Bonchev–Trinajstić information content (AvgIpc) is 2.43. The van der Waals surface area contributed by atoms with Crippen molar-refractivity contribution in [3.8, 4) is 0 Å². The summed E-state index contributed by atoms with van der Waals surface area (Å²) in [6, 6.07) is 6.14. The summed E-state index contributed by atoms with van der Waals surface area (Å²) in [5, 5.41) is 0. The summed E-state index contributed by atoms with van der Waals surface area (Å²) < 4.78 is 0. The molecule has 0 radical (unpaired) electrons. The summed E-state index contributed by atoms with van der Waals surface area (Å²) in [5.74, 6) is 1.51. The number of hydrogen-bond donors (Lipinski definition) is 0. The third kappa shape index (κ3) is 9.16. The molecule has 1 heterocycles. The van der Waals surface area contributed by atoms with Gasteiger partial charge >= 0.3 is 0 Å². The van der Waals surface area contributed by atoms with Crippen LogP contribution in [0.1, 0.15) is 46.2 Å². The van der Waals surface area contributed by atoms with E-state index in [9.17, 15) is 0 Å². The van der Waals surface area contributed by atoms with Crippen molar-refractivity contribution in [3.05, 3.63) is 30.1 Å². The minimum atomic E-state index is 0.755. The van der Waals surface area contributed by atoms with Gasteiger partial charge in [-0.3, -0.25) is 4.98 Å². The minimum Gasteiger partial charge on any atom is -0.303 e. The first-order valence-electron chi connectivity index (χ1n) is 8.78. The number of unbranched alkanes of at least 4 members (excludes halogenated alkanes) is 1. The summed E-state index contributed by atoms with van der Waals surface area (Å²) in [4.78, 5) is 9.40. The van der Waals surface area contributed by atoms with E-state index in [1.807, 2.05) is 12.3 Å². The molecule has 126 valence electrons. The number of rotatable bonds is 11. The molecule has 0 aliphatic carbocycles. The van der Waals surface area contributed by atoms with Crippen LogP contribution < -0.4 is 0 Å². The van der Waals surface area contributed by atoms with Gasteiger partial charge in [-0.1, -0.05) is 33.8 Å². The van der Waals surface area contributed by atoms with Crippen molar-refractivity contribution in [2.45, 2.75) is 47.1 Å². The summed E-state index contributed by atoms with van der Waals surface area (Å²) in [5.41, 5.74) is 1.16. The van der Waals surface area contributed by atoms with Crippen molar-refractivity contribution >= 4 is 0 Å². The highest BCUT2D eigenvalue weighted by Gasteiger charge is 2.09. The summed E-state index contributed by atoms with van der Waals surface area (Å²) in [6.07, 6.45) is 4.42. The second-order valence-electron chi connectivity index (χ2n) is 7.31. The van der Waals surface area contributed by atoms with Gasteiger partial charge in [0.25, 0.3) is 0 Å². The summed E-state index contributed by atoms with van der Waals surface area (Å²) in [7, 11) is 2.19. The molecule has 0 saturated heterocycles. The van der Waals surface area contributed by atoms with Crippen LogP contribution in [0.25, 0.3) is 0 Å². The maximum atomic E-state index is 4.39. The van der Waals surface area contributed by atoms with E-state index in [0.717, 1.165) is 30.6 Å². The van der Waals surface area contributed by atoms with Gasteiger partial charge in [-0.05, 0) is 56.9 Å². The van der Waals surface area contributed by atoms with Gasteiger partial charge in [-0.15, -0.1) is 0 Å². The molecule has 0 amide bonds. The fourth-order valence-electron chi connectivity index (χ4n) is 2.85. The number of pyridine rings is 1. The molecule has 0 bridgehead atoms. The van der Waals surface area contributed by atoms with Crippen molar-refractivity contribution < 1.29 is 0 Å². The lowest BCUT2D eigenvalue weighted by Crippen LogP contribution is -2.32. The number of nitrogens with zero attached hydrogens (tertiary/aromatic N) is 3. The van der Waals surface area contributed by atoms with Crippen LogP contribution in [0, 0.1) is 11.8 Å². The lowest BCUT2D eigenvalue weighted by atomic mass is 10.1. The number of aromatic nitrogens is 1. The molecular weight excluding hydrogens is 270 g/mol. The Kier molecular flexibility index (Phi) is 9.33. The van der Waals surface area contributed by atoms with E-state index < -0.39 is 0 Å². The zero-order chi connectivity index (χ0) is 16.4. The van der Waals surface area contributed by atoms with Crippen molar-refractivity contribution in [3.63, 3.8) is 0 Å². The Bertz CT molecular complexity index is 366. The Morgan fingerprint density at radius 1 is 0.955 bits per heavy atom. The largest absolute Gasteiger partial charge is 0.303 e. The fourth-order valence-corrected chi connectivity index (χ4v) is 2.85. The lowest BCUT2D eigenvalue weighted by molar-refractivity contribution is 0.210. The molecule has 0 fully saturated rings. The fraction of sp³-hybridized carbons (Fsp3) is 0.737. The average molecular weight is 306 g/mol. The molecule has 22 heavy (non-hydrogen) atoms. The van der Waals surface area contributed by atoms with E-state index >= 15 is 0 Å². The van der Waals surface area contributed by atoms with E-state index in [0.29, 0.717) is 0 Å². The van der Waals surface area contributed by atoms with Crippen LogP contribution in [0.5, 0.6) is 0 Å². The first-order valence-corrected chi connectivity index (χ1v) is 8.78. The van der Waals surface area contributed by atoms with Gasteiger partial charge < -0.3 is 9.80 Å². The molecule has 1 aromatic rings. The molecule has 0 spiro atoms. The molecule has 3 nitrogen and oxygen atoms in total. The SMILES string of the molecule is CC(C)CN(CCCCN(C)Cc1ccccn1)CC(C)C. The molecule has 1 rings (SSSR count). The molecule has 0 unspecified atom stereocenters. The smallest absolute Gasteiger partial charge is 0.0543 e. The van der Waals surface area contributed by atoms with Crippen LogP contribution in [0.3, 0.4) is 0 Å². The zero-order valence-corrected chi connectivity index (χ0v) is 15.3. The predicted molar refractivity (Wildman–Crippen MR) is 95.9 cm³/mol. The molecule has 0 atom stereocenters. The van der Waals surface area contributed by atoms with Crippen molar-refractivity contribution in [1.29, 1.82) is 0 Å². The van der Waals surface area contributed by atoms with Gasteiger partial charge in [0.05, 0.1) is 5.69 Å². The van der Waals surface area contributed by atoms with Crippen molar-refractivity contribution in [2.75, 3.05) is 33.2 Å². The van der Waals surface area contributed by atoms with Crippen LogP contribution in [-0.4, -0.2) is 48.0 Å². The lowest BCUT2D eigenvalue weighted by Gasteiger charge is -2.26. The van der Waals surface area contributed by atoms with Gasteiger partial charge in [0.2, 0.25) is 0 Å². The Labute approximate surface area is 137 Å². The molecule has 0 saturated carbocycles. The van der Waals surface area contributed by atoms with E-state index in [1.54, 1.807) is 0 Å². The highest BCUT2D eigenvalue weighted by atomic mass is 15.1. The van der Waals surface area contributed by atoms with Gasteiger partial charge in [-0.2, -0.15) is 0 Å². The molecule has 3 heteroatoms. The van der Waals surface area contributed by atoms with Crippen molar-refractivity contribution in [2.24, 2.45) is 11.8 Å². The van der Waals surface area contributed by atoms with Crippen LogP contribution in [0.2, 0.25) is 0 Å². The third-order valence-electron chi connectivity index (χ3n) is 3.67. The summed E-state index contributed by atoms with van der Waals surface area (Å²) in [6.45, 7) is 15.0. The molecular formula is C19H35N3. The molecule has 0 aliphatic rings. The minimum absolute atomic E-state index is 0.755. The Balaban J connectivity index is 2.21. The first-order chi connectivity index (χ1) is 10.5. The molecule has 1 aromatic heterocycles. The van der Waals surface area contributed by atoms with E-state index in [1.165, 1.54) is 32.5 Å². The molecule has 0 aliphatic heterocycles. The normalized spacial score (nSPS) is 12.0. The maximum Gasteiger partial charge on any atom is 0.0543 e. The summed E-state index contributed by atoms with van der Waals surface area (Å²) >= 11 is 0. The Hall–Kier alpha value is -0.930. The highest BCUT2D eigenvalue weighted by molar-refractivity contribution is 5.02. The monoisotopic (exact) mass is 305 g/mol. The van der Waals surface area contributed by atoms with Gasteiger partial charge in [0.1, 0.15) is 0 Å². The van der Waals surface area contributed by atoms with Crippen LogP contribution in [0.15, 0.2) is 24.4 Å². The van der Waals surface area contributed by atoms with E-state index in [4.69, 9.17) is 0 Å². The second-order valence-corrected chi connectivity index (χ2v) is 7.31. The highest BCUT2D eigenvalue weighted by Crippen LogP contribution is 2.07. The predicted octanol–water partition coefficient (Wildman–Crippen LogP) is 3.91. The van der Waals surface area contributed by atoms with Crippen LogP contribution >= 0.6 is 0 Å². The third-order valence-corrected chi connectivity index (χ3v) is 3.67. The second kappa shape index (κ2) is 10.7. The standard InChI is InChI=1S/C19H35N3/c1-17(2)14-22(15-18(3)4)13-9-8-12-21(5)16-19-10-6-7-11-20-19/h6-7,10-11,17-18H,8-9,12-16H2,1-5H3. The van der Waals surface area contributed by atoms with E-state index in [-0.39, 0.29) is 0 Å².